The van der Waals surface area contributed by atoms with Crippen molar-refractivity contribution in [2.24, 2.45) is 5.73 Å². The maximum atomic E-state index is 6.03. The Bertz CT molecular complexity index is 352. The molecule has 0 aliphatic carbocycles. The number of hydrogen-bond acceptors (Lipinski definition) is 3. The lowest BCUT2D eigenvalue weighted by Gasteiger charge is -2.36. The van der Waals surface area contributed by atoms with Crippen molar-refractivity contribution < 1.29 is 0 Å². The van der Waals surface area contributed by atoms with Gasteiger partial charge in [-0.1, -0.05) is 18.2 Å². The van der Waals surface area contributed by atoms with Crippen molar-refractivity contribution in [3.05, 3.63) is 29.8 Å². The Morgan fingerprint density at radius 3 is 2.88 bits per heavy atom. The third-order valence-electron chi connectivity index (χ3n) is 3.10. The van der Waals surface area contributed by atoms with E-state index >= 15 is 0 Å². The Balaban J connectivity index is 2.31. The smallest absolute Gasteiger partial charge is 0.0417 e. The van der Waals surface area contributed by atoms with Crippen molar-refractivity contribution in [3.8, 4) is 0 Å². The molecular weight excluding hydrogens is 216 g/mol. The van der Waals surface area contributed by atoms with Gasteiger partial charge in [0.1, 0.15) is 0 Å². The van der Waals surface area contributed by atoms with Crippen molar-refractivity contribution in [1.82, 2.24) is 0 Å². The van der Waals surface area contributed by atoms with Gasteiger partial charge in [-0.05, 0) is 25.5 Å². The van der Waals surface area contributed by atoms with Crippen molar-refractivity contribution in [2.45, 2.75) is 25.9 Å². The number of hydrogen-bond donors (Lipinski definition) is 1. The number of anilines is 1. The second-order valence-electron chi connectivity index (χ2n) is 4.46. The van der Waals surface area contributed by atoms with Crippen LogP contribution in [-0.4, -0.2) is 24.1 Å². The topological polar surface area (TPSA) is 29.3 Å². The highest BCUT2D eigenvalue weighted by Crippen LogP contribution is 2.29. The van der Waals surface area contributed by atoms with E-state index in [2.05, 4.69) is 43.0 Å². The normalized spacial score (nSPS) is 23.2. The number of para-hydroxylation sites is 1. The lowest BCUT2D eigenvalue weighted by molar-refractivity contribution is 0.688. The molecule has 1 unspecified atom stereocenters. The van der Waals surface area contributed by atoms with Gasteiger partial charge in [0.25, 0.3) is 0 Å². The zero-order valence-corrected chi connectivity index (χ0v) is 10.8. The SMILES string of the molecule is CC1CSCCN1c1ccccc1[C@@H](C)N. The molecule has 2 nitrogen and oxygen atoms in total. The summed E-state index contributed by atoms with van der Waals surface area (Å²) in [5.74, 6) is 2.44. The molecule has 0 amide bonds. The molecule has 2 N–H and O–H groups in total. The Morgan fingerprint density at radius 1 is 1.44 bits per heavy atom. The van der Waals surface area contributed by atoms with Gasteiger partial charge in [0.05, 0.1) is 0 Å². The van der Waals surface area contributed by atoms with E-state index in [1.54, 1.807) is 0 Å². The van der Waals surface area contributed by atoms with Gasteiger partial charge in [-0.3, -0.25) is 0 Å². The second-order valence-corrected chi connectivity index (χ2v) is 5.61. The first kappa shape index (κ1) is 11.8. The molecular formula is C13H20N2S. The average molecular weight is 236 g/mol. The van der Waals surface area contributed by atoms with Crippen LogP contribution in [0.3, 0.4) is 0 Å². The molecule has 0 spiro atoms. The van der Waals surface area contributed by atoms with Gasteiger partial charge in [0, 0.05) is 35.8 Å². The van der Waals surface area contributed by atoms with Gasteiger partial charge in [-0.15, -0.1) is 0 Å². The largest absolute Gasteiger partial charge is 0.367 e. The predicted octanol–water partition coefficient (Wildman–Crippen LogP) is 2.65. The zero-order chi connectivity index (χ0) is 11.5. The molecule has 1 heterocycles. The molecule has 1 aliphatic rings. The maximum absolute atomic E-state index is 6.03. The first-order valence-electron chi connectivity index (χ1n) is 5.89. The van der Waals surface area contributed by atoms with Crippen LogP contribution in [0, 0.1) is 0 Å². The van der Waals surface area contributed by atoms with Crippen LogP contribution in [0.1, 0.15) is 25.5 Å². The Morgan fingerprint density at radius 2 is 2.19 bits per heavy atom. The summed E-state index contributed by atoms with van der Waals surface area (Å²) in [5.41, 5.74) is 8.62. The molecule has 3 heteroatoms. The monoisotopic (exact) mass is 236 g/mol. The van der Waals surface area contributed by atoms with E-state index in [9.17, 15) is 0 Å². The fourth-order valence-electron chi connectivity index (χ4n) is 2.22. The molecule has 2 atom stereocenters. The molecule has 1 saturated heterocycles. The summed E-state index contributed by atoms with van der Waals surface area (Å²) in [6, 6.07) is 9.25. The van der Waals surface area contributed by atoms with Crippen molar-refractivity contribution in [3.63, 3.8) is 0 Å². The number of nitrogens with zero attached hydrogens (tertiary/aromatic N) is 1. The van der Waals surface area contributed by atoms with Crippen LogP contribution in [0.4, 0.5) is 5.69 Å². The highest BCUT2D eigenvalue weighted by molar-refractivity contribution is 7.99. The summed E-state index contributed by atoms with van der Waals surface area (Å²) in [7, 11) is 0. The van der Waals surface area contributed by atoms with Crippen LogP contribution < -0.4 is 10.6 Å². The van der Waals surface area contributed by atoms with Gasteiger partial charge in [0.2, 0.25) is 0 Å². The minimum atomic E-state index is 0.109. The Kier molecular flexibility index (Phi) is 3.77. The maximum Gasteiger partial charge on any atom is 0.0417 e. The third kappa shape index (κ3) is 2.36. The highest BCUT2D eigenvalue weighted by atomic mass is 32.2. The third-order valence-corrected chi connectivity index (χ3v) is 4.29. The van der Waals surface area contributed by atoms with Gasteiger partial charge in [-0.2, -0.15) is 11.8 Å². The fourth-order valence-corrected chi connectivity index (χ4v) is 3.23. The number of rotatable bonds is 2. The second kappa shape index (κ2) is 5.11. The fraction of sp³-hybridized carbons (Fsp3) is 0.538. The van der Waals surface area contributed by atoms with Gasteiger partial charge < -0.3 is 10.6 Å². The van der Waals surface area contributed by atoms with Crippen LogP contribution in [0.5, 0.6) is 0 Å². The number of thioether (sulfide) groups is 1. The summed E-state index contributed by atoms with van der Waals surface area (Å²) in [4.78, 5) is 2.50. The molecule has 1 aromatic carbocycles. The molecule has 0 radical (unpaired) electrons. The molecule has 1 aliphatic heterocycles. The van der Waals surface area contributed by atoms with E-state index in [1.165, 1.54) is 22.8 Å². The molecule has 1 fully saturated rings. The molecule has 2 rings (SSSR count). The van der Waals surface area contributed by atoms with E-state index in [0.717, 1.165) is 6.54 Å². The van der Waals surface area contributed by atoms with Crippen LogP contribution in [0.15, 0.2) is 24.3 Å². The van der Waals surface area contributed by atoms with E-state index in [0.29, 0.717) is 6.04 Å². The minimum Gasteiger partial charge on any atom is -0.367 e. The molecule has 0 bridgehead atoms. The summed E-state index contributed by atoms with van der Waals surface area (Å²) in [6.45, 7) is 5.49. The molecule has 0 aromatic heterocycles. The van der Waals surface area contributed by atoms with E-state index < -0.39 is 0 Å². The lowest BCUT2D eigenvalue weighted by atomic mass is 10.0. The summed E-state index contributed by atoms with van der Waals surface area (Å²) >= 11 is 2.04. The average Bonchev–Trinajstić information content (AvgIpc) is 2.29. The standard InChI is InChI=1S/C13H20N2S/c1-10-9-16-8-7-15(10)13-6-4-3-5-12(13)11(2)14/h3-6,10-11H,7-9,14H2,1-2H3/t10?,11-/m1/s1. The molecule has 1 aromatic rings. The predicted molar refractivity (Wildman–Crippen MR) is 73.2 cm³/mol. The van der Waals surface area contributed by atoms with Gasteiger partial charge in [-0.25, -0.2) is 0 Å². The highest BCUT2D eigenvalue weighted by Gasteiger charge is 2.21. The summed E-state index contributed by atoms with van der Waals surface area (Å²) in [6.07, 6.45) is 0. The number of benzene rings is 1. The zero-order valence-electron chi connectivity index (χ0n) is 10.0. The Hall–Kier alpha value is -0.670. The molecule has 88 valence electrons. The van der Waals surface area contributed by atoms with Gasteiger partial charge in [0.15, 0.2) is 0 Å². The van der Waals surface area contributed by atoms with Crippen LogP contribution in [0.25, 0.3) is 0 Å². The lowest BCUT2D eigenvalue weighted by Crippen LogP contribution is -2.41. The quantitative estimate of drug-likeness (QED) is 0.856. The molecule has 0 saturated carbocycles. The van der Waals surface area contributed by atoms with Crippen LogP contribution >= 0.6 is 11.8 Å². The van der Waals surface area contributed by atoms with Gasteiger partial charge >= 0.3 is 0 Å². The van der Waals surface area contributed by atoms with E-state index in [4.69, 9.17) is 5.73 Å². The van der Waals surface area contributed by atoms with Crippen molar-refractivity contribution in [2.75, 3.05) is 23.0 Å². The molecule has 16 heavy (non-hydrogen) atoms. The number of nitrogens with two attached hydrogens (primary N) is 1. The summed E-state index contributed by atoms with van der Waals surface area (Å²) in [5, 5.41) is 0. The van der Waals surface area contributed by atoms with Crippen molar-refractivity contribution >= 4 is 17.4 Å². The van der Waals surface area contributed by atoms with Crippen LogP contribution in [-0.2, 0) is 0 Å². The van der Waals surface area contributed by atoms with E-state index in [-0.39, 0.29) is 6.04 Å². The summed E-state index contributed by atoms with van der Waals surface area (Å²) < 4.78 is 0. The minimum absolute atomic E-state index is 0.109. The first-order chi connectivity index (χ1) is 7.70. The van der Waals surface area contributed by atoms with Crippen molar-refractivity contribution in [1.29, 1.82) is 0 Å². The first-order valence-corrected chi connectivity index (χ1v) is 7.04. The Labute approximate surface area is 102 Å². The van der Waals surface area contributed by atoms with E-state index in [1.807, 2.05) is 11.8 Å². The van der Waals surface area contributed by atoms with Crippen LogP contribution in [0.2, 0.25) is 0 Å².